The Morgan fingerprint density at radius 2 is 1.52 bits per heavy atom. The molecule has 2 nitrogen and oxygen atoms in total. The minimum atomic E-state index is -1.81. The van der Waals surface area contributed by atoms with Gasteiger partial charge in [0, 0.05) is 17.0 Å². The van der Waals surface area contributed by atoms with Crippen LogP contribution in [0, 0.1) is 40.8 Å². The second-order valence-electron chi connectivity index (χ2n) is 8.23. The maximum Gasteiger partial charge on any atom is 0.195 e. The highest BCUT2D eigenvalue weighted by atomic mass is 19.2. The molecule has 0 radical (unpaired) electrons. The van der Waals surface area contributed by atoms with Gasteiger partial charge >= 0.3 is 0 Å². The Labute approximate surface area is 187 Å². The molecule has 0 saturated carbocycles. The van der Waals surface area contributed by atoms with Gasteiger partial charge < -0.3 is 9.47 Å². The van der Waals surface area contributed by atoms with Crippen molar-refractivity contribution >= 4 is 10.8 Å². The summed E-state index contributed by atoms with van der Waals surface area (Å²) in [5, 5.41) is -1.09. The van der Waals surface area contributed by atoms with Crippen molar-refractivity contribution in [1.82, 2.24) is 0 Å². The lowest BCUT2D eigenvalue weighted by atomic mass is 9.98. The van der Waals surface area contributed by atoms with E-state index in [0.29, 0.717) is 19.3 Å². The smallest absolute Gasteiger partial charge is 0.195 e. The third-order valence-electron chi connectivity index (χ3n) is 5.88. The first kappa shape index (κ1) is 23.6. The predicted molar refractivity (Wildman–Crippen MR) is 111 cm³/mol. The fourth-order valence-electron chi connectivity index (χ4n) is 4.09. The maximum absolute atomic E-state index is 14.9. The van der Waals surface area contributed by atoms with Crippen molar-refractivity contribution in [3.05, 3.63) is 70.8 Å². The number of halogens is 6. The highest BCUT2D eigenvalue weighted by Crippen LogP contribution is 2.36. The molecule has 1 aliphatic heterocycles. The molecular formula is C25H22F6O2. The Morgan fingerprint density at radius 1 is 0.788 bits per heavy atom. The maximum atomic E-state index is 14.9. The van der Waals surface area contributed by atoms with E-state index in [9.17, 15) is 26.3 Å². The van der Waals surface area contributed by atoms with Crippen LogP contribution in [-0.2, 0) is 9.47 Å². The van der Waals surface area contributed by atoms with Crippen molar-refractivity contribution in [3.8, 4) is 11.1 Å². The zero-order chi connectivity index (χ0) is 23.7. The molecular weight excluding hydrogens is 446 g/mol. The first-order valence-electron chi connectivity index (χ1n) is 10.8. The standard InChI is InChI=1S/C25H22F6O2/c1-2-3-4-5-13-11-32-25(33-12-13)17-7-6-16(21(28)22(17)29)14-8-15-10-19(27)23(30)24(31)20(15)18(26)9-14/h6-10,13,25H,2-5,11-12H2,1H3. The minimum absolute atomic E-state index is 0.135. The third kappa shape index (κ3) is 4.59. The fraction of sp³-hybridized carbons (Fsp3) is 0.360. The second-order valence-corrected chi connectivity index (χ2v) is 8.23. The Bertz CT molecular complexity index is 1170. The number of rotatable bonds is 6. The zero-order valence-corrected chi connectivity index (χ0v) is 17.9. The predicted octanol–water partition coefficient (Wildman–Crippen LogP) is 7.58. The van der Waals surface area contributed by atoms with Gasteiger partial charge in [0.05, 0.1) is 18.6 Å². The summed E-state index contributed by atoms with van der Waals surface area (Å²) in [5.74, 6) is -8.56. The van der Waals surface area contributed by atoms with Gasteiger partial charge in [-0.3, -0.25) is 0 Å². The van der Waals surface area contributed by atoms with Crippen molar-refractivity contribution in [2.75, 3.05) is 13.2 Å². The molecule has 3 aromatic rings. The first-order chi connectivity index (χ1) is 15.8. The van der Waals surface area contributed by atoms with Crippen LogP contribution in [0.1, 0.15) is 44.5 Å². The highest BCUT2D eigenvalue weighted by molar-refractivity contribution is 5.88. The molecule has 1 heterocycles. The van der Waals surface area contributed by atoms with Crippen LogP contribution >= 0.6 is 0 Å². The van der Waals surface area contributed by atoms with Gasteiger partial charge in [0.1, 0.15) is 5.82 Å². The van der Waals surface area contributed by atoms with Crippen LogP contribution < -0.4 is 0 Å². The molecule has 0 unspecified atom stereocenters. The van der Waals surface area contributed by atoms with Crippen LogP contribution in [0.4, 0.5) is 26.3 Å². The zero-order valence-electron chi connectivity index (χ0n) is 17.9. The molecule has 0 atom stereocenters. The van der Waals surface area contributed by atoms with Crippen molar-refractivity contribution in [1.29, 1.82) is 0 Å². The summed E-state index contributed by atoms with van der Waals surface area (Å²) >= 11 is 0. The number of ether oxygens (including phenoxy) is 2. The van der Waals surface area contributed by atoms with Gasteiger partial charge in [-0.25, -0.2) is 26.3 Å². The molecule has 1 fully saturated rings. The average Bonchev–Trinajstić information content (AvgIpc) is 2.79. The van der Waals surface area contributed by atoms with Gasteiger partial charge in [0.15, 0.2) is 35.4 Å². The summed E-state index contributed by atoms with van der Waals surface area (Å²) in [6.45, 7) is 2.83. The summed E-state index contributed by atoms with van der Waals surface area (Å²) in [6.07, 6.45) is 3.09. The van der Waals surface area contributed by atoms with Gasteiger partial charge in [-0.15, -0.1) is 0 Å². The van der Waals surface area contributed by atoms with E-state index in [0.717, 1.165) is 37.8 Å². The van der Waals surface area contributed by atoms with Crippen molar-refractivity contribution in [3.63, 3.8) is 0 Å². The minimum Gasteiger partial charge on any atom is -0.348 e. The molecule has 0 spiro atoms. The lowest BCUT2D eigenvalue weighted by molar-refractivity contribution is -0.207. The highest BCUT2D eigenvalue weighted by Gasteiger charge is 2.28. The van der Waals surface area contributed by atoms with Crippen LogP contribution in [0.5, 0.6) is 0 Å². The number of hydrogen-bond donors (Lipinski definition) is 0. The molecule has 0 aromatic heterocycles. The van der Waals surface area contributed by atoms with Crippen molar-refractivity contribution in [2.45, 2.75) is 38.9 Å². The molecule has 1 saturated heterocycles. The van der Waals surface area contributed by atoms with Crippen LogP contribution in [0.3, 0.4) is 0 Å². The molecule has 33 heavy (non-hydrogen) atoms. The summed E-state index contributed by atoms with van der Waals surface area (Å²) in [7, 11) is 0. The molecule has 3 aromatic carbocycles. The van der Waals surface area contributed by atoms with E-state index in [1.54, 1.807) is 0 Å². The van der Waals surface area contributed by atoms with Crippen molar-refractivity contribution in [2.24, 2.45) is 5.92 Å². The van der Waals surface area contributed by atoms with Crippen LogP contribution in [0.2, 0.25) is 0 Å². The van der Waals surface area contributed by atoms with E-state index in [4.69, 9.17) is 9.47 Å². The molecule has 1 aliphatic rings. The van der Waals surface area contributed by atoms with Gasteiger partial charge in [0.25, 0.3) is 0 Å². The summed E-state index contributed by atoms with van der Waals surface area (Å²) in [4.78, 5) is 0. The number of benzene rings is 3. The lowest BCUT2D eigenvalue weighted by Crippen LogP contribution is -2.27. The summed E-state index contributed by atoms with van der Waals surface area (Å²) in [6, 6.07) is 4.89. The van der Waals surface area contributed by atoms with Crippen LogP contribution in [-0.4, -0.2) is 13.2 Å². The van der Waals surface area contributed by atoms with Gasteiger partial charge in [-0.05, 0) is 35.6 Å². The number of unbranched alkanes of at least 4 members (excludes halogenated alkanes) is 2. The Hall–Kier alpha value is -2.58. The van der Waals surface area contributed by atoms with E-state index in [1.807, 2.05) is 0 Å². The van der Waals surface area contributed by atoms with Gasteiger partial charge in [-0.1, -0.05) is 38.3 Å². The van der Waals surface area contributed by atoms with Crippen LogP contribution in [0.15, 0.2) is 30.3 Å². The molecule has 0 bridgehead atoms. The largest absolute Gasteiger partial charge is 0.348 e. The second kappa shape index (κ2) is 9.73. The van der Waals surface area contributed by atoms with E-state index in [-0.39, 0.29) is 28.0 Å². The van der Waals surface area contributed by atoms with Gasteiger partial charge in [0.2, 0.25) is 0 Å². The van der Waals surface area contributed by atoms with E-state index < -0.39 is 46.6 Å². The van der Waals surface area contributed by atoms with E-state index in [2.05, 4.69) is 6.92 Å². The third-order valence-corrected chi connectivity index (χ3v) is 5.88. The average molecular weight is 468 g/mol. The van der Waals surface area contributed by atoms with E-state index >= 15 is 0 Å². The monoisotopic (exact) mass is 468 g/mol. The first-order valence-corrected chi connectivity index (χ1v) is 10.8. The Balaban J connectivity index is 1.61. The van der Waals surface area contributed by atoms with Gasteiger partial charge in [-0.2, -0.15) is 0 Å². The number of hydrogen-bond acceptors (Lipinski definition) is 2. The summed E-state index contributed by atoms with van der Waals surface area (Å²) in [5.41, 5.74) is -0.617. The topological polar surface area (TPSA) is 18.5 Å². The molecule has 0 aliphatic carbocycles. The quantitative estimate of drug-likeness (QED) is 0.211. The van der Waals surface area contributed by atoms with Crippen LogP contribution in [0.25, 0.3) is 21.9 Å². The lowest BCUT2D eigenvalue weighted by Gasteiger charge is -2.30. The summed E-state index contributed by atoms with van der Waals surface area (Å²) < 4.78 is 96.5. The van der Waals surface area contributed by atoms with E-state index in [1.165, 1.54) is 12.1 Å². The normalized spacial score (nSPS) is 18.8. The Kier molecular flexibility index (Phi) is 6.95. The Morgan fingerprint density at radius 3 is 2.21 bits per heavy atom. The number of fused-ring (bicyclic) bond motifs is 1. The molecule has 8 heteroatoms. The SMILES string of the molecule is CCCCCC1COC(c2ccc(-c3cc(F)c4c(F)c(F)c(F)cc4c3)c(F)c2F)OC1. The fourth-order valence-corrected chi connectivity index (χ4v) is 4.09. The molecule has 0 amide bonds. The van der Waals surface area contributed by atoms with Crippen molar-refractivity contribution < 1.29 is 35.8 Å². The molecule has 0 N–H and O–H groups in total. The molecule has 176 valence electrons. The molecule has 4 rings (SSSR count).